The molecule has 32 heavy (non-hydrogen) atoms. The molecule has 0 atom stereocenters. The zero-order valence-corrected chi connectivity index (χ0v) is 17.7. The molecule has 0 fully saturated rings. The van der Waals surface area contributed by atoms with Crippen LogP contribution in [0.15, 0.2) is 65.4 Å². The quantitative estimate of drug-likeness (QED) is 0.389. The lowest BCUT2D eigenvalue weighted by Crippen LogP contribution is -2.27. The van der Waals surface area contributed by atoms with Gasteiger partial charge in [-0.05, 0) is 36.2 Å². The lowest BCUT2D eigenvalue weighted by molar-refractivity contribution is 0.0954. The summed E-state index contributed by atoms with van der Waals surface area (Å²) in [4.78, 5) is 28.7. The van der Waals surface area contributed by atoms with E-state index in [-0.39, 0.29) is 22.9 Å². The first-order valence-corrected chi connectivity index (χ1v) is 10.0. The zero-order valence-electron chi connectivity index (χ0n) is 17.7. The Hall–Kier alpha value is -4.20. The SMILES string of the molecule is COc1cc(NC(=O)c2ccco2)c(C(=O)NCCc2c[nH]c3ccccc23)cc1OC. The molecule has 0 unspecified atom stereocenters. The van der Waals surface area contributed by atoms with Crippen molar-refractivity contribution in [2.75, 3.05) is 26.1 Å². The predicted octanol–water partition coefficient (Wildman–Crippen LogP) is 4.00. The van der Waals surface area contributed by atoms with Crippen LogP contribution in [0.1, 0.15) is 26.5 Å². The molecule has 2 heterocycles. The average Bonchev–Trinajstić information content (AvgIpc) is 3.49. The molecular formula is C24H23N3O5. The van der Waals surface area contributed by atoms with Gasteiger partial charge in [-0.1, -0.05) is 18.2 Å². The summed E-state index contributed by atoms with van der Waals surface area (Å²) in [6, 6.07) is 14.2. The Morgan fingerprint density at radius 2 is 1.78 bits per heavy atom. The smallest absolute Gasteiger partial charge is 0.291 e. The summed E-state index contributed by atoms with van der Waals surface area (Å²) >= 11 is 0. The van der Waals surface area contributed by atoms with Gasteiger partial charge in [-0.2, -0.15) is 0 Å². The molecule has 2 amide bonds. The summed E-state index contributed by atoms with van der Waals surface area (Å²) in [5.74, 6) is 0.0731. The number of rotatable bonds is 8. The monoisotopic (exact) mass is 433 g/mol. The van der Waals surface area contributed by atoms with Gasteiger partial charge in [-0.3, -0.25) is 9.59 Å². The zero-order chi connectivity index (χ0) is 22.5. The number of carbonyl (C=O) groups excluding carboxylic acids is 2. The van der Waals surface area contributed by atoms with Gasteiger partial charge in [-0.15, -0.1) is 0 Å². The first-order chi connectivity index (χ1) is 15.6. The van der Waals surface area contributed by atoms with Gasteiger partial charge in [0.25, 0.3) is 11.8 Å². The van der Waals surface area contributed by atoms with Crippen molar-refractivity contribution in [2.45, 2.75) is 6.42 Å². The van der Waals surface area contributed by atoms with Crippen LogP contribution in [0.5, 0.6) is 11.5 Å². The number of hydrogen-bond acceptors (Lipinski definition) is 5. The fraction of sp³-hybridized carbons (Fsp3) is 0.167. The summed E-state index contributed by atoms with van der Waals surface area (Å²) in [7, 11) is 2.97. The minimum atomic E-state index is -0.477. The molecule has 0 aliphatic rings. The fourth-order valence-corrected chi connectivity index (χ4v) is 3.51. The van der Waals surface area contributed by atoms with Crippen molar-refractivity contribution in [3.05, 3.63) is 77.9 Å². The van der Waals surface area contributed by atoms with Crippen molar-refractivity contribution in [3.63, 3.8) is 0 Å². The van der Waals surface area contributed by atoms with E-state index in [1.165, 1.54) is 32.6 Å². The van der Waals surface area contributed by atoms with Crippen LogP contribution in [0, 0.1) is 0 Å². The first-order valence-electron chi connectivity index (χ1n) is 10.0. The minimum absolute atomic E-state index is 0.130. The highest BCUT2D eigenvalue weighted by molar-refractivity contribution is 6.08. The molecular weight excluding hydrogens is 410 g/mol. The van der Waals surface area contributed by atoms with Crippen LogP contribution in [0.3, 0.4) is 0 Å². The van der Waals surface area contributed by atoms with E-state index in [4.69, 9.17) is 13.9 Å². The van der Waals surface area contributed by atoms with Gasteiger partial charge in [0.1, 0.15) is 0 Å². The second kappa shape index (κ2) is 9.30. The Kier molecular flexibility index (Phi) is 6.12. The Morgan fingerprint density at radius 1 is 1.00 bits per heavy atom. The number of methoxy groups -OCH3 is 2. The maximum Gasteiger partial charge on any atom is 0.291 e. The minimum Gasteiger partial charge on any atom is -0.493 e. The number of fused-ring (bicyclic) bond motifs is 1. The third kappa shape index (κ3) is 4.29. The molecule has 0 radical (unpaired) electrons. The second-order valence-corrected chi connectivity index (χ2v) is 7.05. The summed E-state index contributed by atoms with van der Waals surface area (Å²) in [6.45, 7) is 0.417. The molecule has 0 aliphatic heterocycles. The van der Waals surface area contributed by atoms with Crippen LogP contribution in [0.4, 0.5) is 5.69 Å². The van der Waals surface area contributed by atoms with E-state index in [1.807, 2.05) is 30.5 Å². The molecule has 164 valence electrons. The van der Waals surface area contributed by atoms with Crippen LogP contribution < -0.4 is 20.1 Å². The van der Waals surface area contributed by atoms with Gasteiger partial charge < -0.3 is 29.5 Å². The number of nitrogens with one attached hydrogen (secondary N) is 3. The van der Waals surface area contributed by atoms with Crippen molar-refractivity contribution in [1.29, 1.82) is 0 Å². The van der Waals surface area contributed by atoms with E-state index >= 15 is 0 Å². The van der Waals surface area contributed by atoms with Crippen molar-refractivity contribution in [1.82, 2.24) is 10.3 Å². The predicted molar refractivity (Wildman–Crippen MR) is 121 cm³/mol. The Bertz CT molecular complexity index is 1240. The molecule has 0 aliphatic carbocycles. The largest absolute Gasteiger partial charge is 0.493 e. The Labute approximate surface area is 184 Å². The number of aromatic nitrogens is 1. The number of para-hydroxylation sites is 1. The van der Waals surface area contributed by atoms with Crippen molar-refractivity contribution >= 4 is 28.4 Å². The summed E-state index contributed by atoms with van der Waals surface area (Å²) < 4.78 is 15.8. The van der Waals surface area contributed by atoms with Crippen LogP contribution in [0.25, 0.3) is 10.9 Å². The van der Waals surface area contributed by atoms with E-state index in [9.17, 15) is 9.59 Å². The number of aromatic amines is 1. The maximum absolute atomic E-state index is 13.0. The highest BCUT2D eigenvalue weighted by atomic mass is 16.5. The molecule has 2 aromatic heterocycles. The lowest BCUT2D eigenvalue weighted by Gasteiger charge is -2.15. The number of furan rings is 1. The topological polar surface area (TPSA) is 106 Å². The van der Waals surface area contributed by atoms with Crippen molar-refractivity contribution < 1.29 is 23.5 Å². The lowest BCUT2D eigenvalue weighted by atomic mass is 10.1. The Morgan fingerprint density at radius 3 is 2.53 bits per heavy atom. The van der Waals surface area contributed by atoms with Gasteiger partial charge in [0, 0.05) is 29.7 Å². The fourth-order valence-electron chi connectivity index (χ4n) is 3.51. The standard InChI is InChI=1S/C24H23N3O5/c1-30-21-12-17(19(13-22(21)31-2)27-24(29)20-8-5-11-32-20)23(28)25-10-9-15-14-26-18-7-4-3-6-16(15)18/h3-8,11-14,26H,9-10H2,1-2H3,(H,25,28)(H,27,29). The van der Waals surface area contributed by atoms with E-state index in [2.05, 4.69) is 15.6 Å². The molecule has 4 aromatic rings. The van der Waals surface area contributed by atoms with Crippen LogP contribution >= 0.6 is 0 Å². The molecule has 8 nitrogen and oxygen atoms in total. The summed E-state index contributed by atoms with van der Waals surface area (Å²) in [5.41, 5.74) is 2.70. The molecule has 0 spiro atoms. The number of hydrogen-bond donors (Lipinski definition) is 3. The molecule has 0 saturated heterocycles. The molecule has 2 aromatic carbocycles. The first kappa shape index (κ1) is 21.0. The third-order valence-corrected chi connectivity index (χ3v) is 5.12. The summed E-state index contributed by atoms with van der Waals surface area (Å²) in [5, 5.41) is 6.75. The van der Waals surface area contributed by atoms with Gasteiger partial charge in [0.05, 0.1) is 31.7 Å². The van der Waals surface area contributed by atoms with Gasteiger partial charge >= 0.3 is 0 Å². The van der Waals surface area contributed by atoms with Gasteiger partial charge in [0.15, 0.2) is 17.3 Å². The average molecular weight is 433 g/mol. The summed E-state index contributed by atoms with van der Waals surface area (Å²) in [6.07, 6.45) is 4.00. The molecule has 3 N–H and O–H groups in total. The third-order valence-electron chi connectivity index (χ3n) is 5.12. The van der Waals surface area contributed by atoms with Crippen LogP contribution in [-0.2, 0) is 6.42 Å². The number of anilines is 1. The highest BCUT2D eigenvalue weighted by Gasteiger charge is 2.20. The molecule has 4 rings (SSSR count). The van der Waals surface area contributed by atoms with Crippen LogP contribution in [-0.4, -0.2) is 37.6 Å². The number of H-pyrrole nitrogens is 1. The van der Waals surface area contributed by atoms with Gasteiger partial charge in [0.2, 0.25) is 0 Å². The highest BCUT2D eigenvalue weighted by Crippen LogP contribution is 2.33. The number of amides is 2. The second-order valence-electron chi connectivity index (χ2n) is 7.05. The van der Waals surface area contributed by atoms with E-state index in [1.54, 1.807) is 12.1 Å². The molecule has 8 heteroatoms. The maximum atomic E-state index is 13.0. The normalized spacial score (nSPS) is 10.7. The number of carbonyl (C=O) groups is 2. The van der Waals surface area contributed by atoms with E-state index in [0.29, 0.717) is 24.5 Å². The molecule has 0 saturated carbocycles. The number of benzene rings is 2. The van der Waals surface area contributed by atoms with Gasteiger partial charge in [-0.25, -0.2) is 0 Å². The molecule has 0 bridgehead atoms. The van der Waals surface area contributed by atoms with E-state index in [0.717, 1.165) is 16.5 Å². The van der Waals surface area contributed by atoms with Crippen molar-refractivity contribution in [3.8, 4) is 11.5 Å². The van der Waals surface area contributed by atoms with Crippen molar-refractivity contribution in [2.24, 2.45) is 0 Å². The van der Waals surface area contributed by atoms with E-state index < -0.39 is 5.91 Å². The van der Waals surface area contributed by atoms with Crippen LogP contribution in [0.2, 0.25) is 0 Å². The Balaban J connectivity index is 1.53. The number of ether oxygens (including phenoxy) is 2.